The second kappa shape index (κ2) is 4.44. The lowest BCUT2D eigenvalue weighted by atomic mass is 10.3. The molecule has 0 saturated carbocycles. The van der Waals surface area contributed by atoms with Crippen molar-refractivity contribution in [2.75, 3.05) is 0 Å². The lowest BCUT2D eigenvalue weighted by molar-refractivity contribution is 0.147. The van der Waals surface area contributed by atoms with Gasteiger partial charge in [-0.25, -0.2) is 27.3 Å². The molecule has 2 N–H and O–H groups in total. The normalized spacial score (nSPS) is 12.1. The van der Waals surface area contributed by atoms with E-state index in [2.05, 4.69) is 4.98 Å². The van der Waals surface area contributed by atoms with Gasteiger partial charge in [-0.3, -0.25) is 0 Å². The van der Waals surface area contributed by atoms with E-state index in [0.29, 0.717) is 0 Å². The second-order valence-electron chi connectivity index (χ2n) is 2.49. The molecule has 1 heterocycles. The quantitative estimate of drug-likeness (QED) is 0.640. The Hall–Kier alpha value is -0.0600. The first kappa shape index (κ1) is 13.0. The monoisotopic (exact) mass is 368 g/mol. The van der Waals surface area contributed by atoms with Gasteiger partial charge in [0.15, 0.2) is 0 Å². The van der Waals surface area contributed by atoms with Gasteiger partial charge in [0.05, 0.1) is 10.6 Å². The number of pyridine rings is 1. The van der Waals surface area contributed by atoms with E-state index in [9.17, 15) is 17.2 Å². The topological polar surface area (TPSA) is 73.1 Å². The van der Waals surface area contributed by atoms with Crippen molar-refractivity contribution >= 4 is 44.2 Å². The van der Waals surface area contributed by atoms with E-state index in [0.717, 1.165) is 6.20 Å². The zero-order valence-electron chi connectivity index (χ0n) is 6.92. The highest BCUT2D eigenvalue weighted by atomic mass is 127. The zero-order chi connectivity index (χ0) is 11.8. The standard InChI is InChI=1S/C6H4ClF2IN2O2S/c7-4-3(5(8)9)2(15(11,13)14)1-12-6(4)10/h1,5H,(H2,11,13,14). The fraction of sp³-hybridized carbons (Fsp3) is 0.167. The molecule has 15 heavy (non-hydrogen) atoms. The van der Waals surface area contributed by atoms with Gasteiger partial charge in [0, 0.05) is 6.20 Å². The first-order chi connectivity index (χ1) is 6.75. The Bertz CT molecular complexity index is 494. The molecule has 0 aliphatic heterocycles. The summed E-state index contributed by atoms with van der Waals surface area (Å²) < 4.78 is 47.2. The van der Waals surface area contributed by atoms with Gasteiger partial charge in [-0.05, 0) is 22.6 Å². The number of nitrogens with two attached hydrogens (primary N) is 1. The molecule has 0 bridgehead atoms. The molecule has 1 aromatic heterocycles. The van der Waals surface area contributed by atoms with Crippen LogP contribution in [0.15, 0.2) is 11.1 Å². The van der Waals surface area contributed by atoms with Crippen molar-refractivity contribution in [2.24, 2.45) is 5.14 Å². The van der Waals surface area contributed by atoms with Crippen molar-refractivity contribution in [3.8, 4) is 0 Å². The van der Waals surface area contributed by atoms with Gasteiger partial charge in [0.1, 0.15) is 8.60 Å². The molecule has 1 rings (SSSR count). The van der Waals surface area contributed by atoms with Crippen LogP contribution in [-0.2, 0) is 10.0 Å². The average molecular weight is 369 g/mol. The van der Waals surface area contributed by atoms with Gasteiger partial charge < -0.3 is 0 Å². The smallest absolute Gasteiger partial charge is 0.247 e. The summed E-state index contributed by atoms with van der Waals surface area (Å²) in [5.74, 6) is 0. The van der Waals surface area contributed by atoms with Crippen molar-refractivity contribution in [1.82, 2.24) is 4.98 Å². The van der Waals surface area contributed by atoms with E-state index >= 15 is 0 Å². The van der Waals surface area contributed by atoms with E-state index in [1.165, 1.54) is 0 Å². The second-order valence-corrected chi connectivity index (χ2v) is 5.42. The summed E-state index contributed by atoms with van der Waals surface area (Å²) in [6, 6.07) is 0. The minimum absolute atomic E-state index is 0.0944. The molecule has 84 valence electrons. The summed E-state index contributed by atoms with van der Waals surface area (Å²) in [6.45, 7) is 0. The molecule has 0 aliphatic carbocycles. The van der Waals surface area contributed by atoms with Crippen LogP contribution in [0.2, 0.25) is 5.02 Å². The molecule has 0 aromatic carbocycles. The van der Waals surface area contributed by atoms with Crippen LogP contribution in [0.4, 0.5) is 8.78 Å². The van der Waals surface area contributed by atoms with Crippen molar-refractivity contribution < 1.29 is 17.2 Å². The lowest BCUT2D eigenvalue weighted by Crippen LogP contribution is -2.16. The Balaban J connectivity index is 3.62. The first-order valence-electron chi connectivity index (χ1n) is 3.40. The molecular formula is C6H4ClF2IN2O2S. The molecule has 0 amide bonds. The van der Waals surface area contributed by atoms with Crippen molar-refractivity contribution in [1.29, 1.82) is 0 Å². The van der Waals surface area contributed by atoms with Crippen LogP contribution >= 0.6 is 34.2 Å². The Morgan fingerprint density at radius 3 is 2.47 bits per heavy atom. The highest BCUT2D eigenvalue weighted by Crippen LogP contribution is 2.34. The summed E-state index contributed by atoms with van der Waals surface area (Å²) >= 11 is 7.15. The third-order valence-corrected chi connectivity index (χ3v) is 3.96. The predicted octanol–water partition coefficient (Wildman–Crippen LogP) is 1.92. The molecular weight excluding hydrogens is 364 g/mol. The third-order valence-electron chi connectivity index (χ3n) is 1.50. The average Bonchev–Trinajstić information content (AvgIpc) is 2.06. The van der Waals surface area contributed by atoms with Crippen molar-refractivity contribution in [2.45, 2.75) is 11.3 Å². The van der Waals surface area contributed by atoms with Crippen LogP contribution in [0.3, 0.4) is 0 Å². The Labute approximate surface area is 103 Å². The molecule has 0 atom stereocenters. The number of nitrogens with zero attached hydrogens (tertiary/aromatic N) is 1. The zero-order valence-corrected chi connectivity index (χ0v) is 10.6. The fourth-order valence-corrected chi connectivity index (χ4v) is 2.31. The Morgan fingerprint density at radius 1 is 1.53 bits per heavy atom. The molecule has 0 radical (unpaired) electrons. The van der Waals surface area contributed by atoms with Crippen LogP contribution in [0.1, 0.15) is 12.0 Å². The lowest BCUT2D eigenvalue weighted by Gasteiger charge is -2.09. The van der Waals surface area contributed by atoms with Crippen LogP contribution in [0, 0.1) is 3.70 Å². The van der Waals surface area contributed by atoms with E-state index in [1.807, 2.05) is 0 Å². The van der Waals surface area contributed by atoms with Gasteiger partial charge in [-0.1, -0.05) is 11.6 Å². The van der Waals surface area contributed by atoms with E-state index in [-0.39, 0.29) is 3.70 Å². The van der Waals surface area contributed by atoms with E-state index in [1.54, 1.807) is 22.6 Å². The highest BCUT2D eigenvalue weighted by Gasteiger charge is 2.25. The first-order valence-corrected chi connectivity index (χ1v) is 6.40. The Kier molecular flexibility index (Phi) is 3.85. The predicted molar refractivity (Wildman–Crippen MR) is 58.3 cm³/mol. The minimum atomic E-state index is -4.25. The summed E-state index contributed by atoms with van der Waals surface area (Å²) in [5, 5.41) is 4.36. The van der Waals surface area contributed by atoms with Crippen LogP contribution in [0.25, 0.3) is 0 Å². The van der Waals surface area contributed by atoms with Gasteiger partial charge in [-0.15, -0.1) is 0 Å². The number of hydrogen-bond donors (Lipinski definition) is 1. The number of alkyl halides is 2. The van der Waals surface area contributed by atoms with Crippen LogP contribution < -0.4 is 5.14 Å². The number of hydrogen-bond acceptors (Lipinski definition) is 3. The third kappa shape index (κ3) is 2.74. The summed E-state index contributed by atoms with van der Waals surface area (Å²) in [7, 11) is -4.25. The number of aromatic nitrogens is 1. The minimum Gasteiger partial charge on any atom is -0.247 e. The Morgan fingerprint density at radius 2 is 2.07 bits per heavy atom. The highest BCUT2D eigenvalue weighted by molar-refractivity contribution is 14.1. The molecule has 0 aliphatic rings. The maximum atomic E-state index is 12.6. The van der Waals surface area contributed by atoms with Gasteiger partial charge in [0.2, 0.25) is 10.0 Å². The molecule has 9 heteroatoms. The maximum absolute atomic E-state index is 12.6. The van der Waals surface area contributed by atoms with Gasteiger partial charge >= 0.3 is 0 Å². The fourth-order valence-electron chi connectivity index (χ4n) is 0.891. The van der Waals surface area contributed by atoms with Crippen molar-refractivity contribution in [3.63, 3.8) is 0 Å². The molecule has 0 fully saturated rings. The van der Waals surface area contributed by atoms with Gasteiger partial charge in [-0.2, -0.15) is 0 Å². The van der Waals surface area contributed by atoms with Crippen LogP contribution in [0.5, 0.6) is 0 Å². The van der Waals surface area contributed by atoms with Gasteiger partial charge in [0.25, 0.3) is 6.43 Å². The maximum Gasteiger partial charge on any atom is 0.266 e. The number of halogens is 4. The summed E-state index contributed by atoms with van der Waals surface area (Å²) in [4.78, 5) is 2.80. The van der Waals surface area contributed by atoms with Crippen LogP contribution in [-0.4, -0.2) is 13.4 Å². The molecule has 4 nitrogen and oxygen atoms in total. The number of rotatable bonds is 2. The number of sulfonamides is 1. The number of primary sulfonamides is 1. The SMILES string of the molecule is NS(=O)(=O)c1cnc(I)c(Cl)c1C(F)F. The molecule has 0 saturated heterocycles. The van der Waals surface area contributed by atoms with E-state index < -0.39 is 31.9 Å². The van der Waals surface area contributed by atoms with E-state index in [4.69, 9.17) is 16.7 Å². The summed E-state index contributed by atoms with van der Waals surface area (Å²) in [5.41, 5.74) is -0.807. The molecule has 0 spiro atoms. The van der Waals surface area contributed by atoms with Crippen molar-refractivity contribution in [3.05, 3.63) is 20.5 Å². The molecule has 1 aromatic rings. The summed E-state index contributed by atoms with van der Waals surface area (Å²) in [6.07, 6.45) is -2.26. The molecule has 0 unspecified atom stereocenters. The largest absolute Gasteiger partial charge is 0.266 e.